The molecule has 5 heteroatoms. The van der Waals surface area contributed by atoms with Crippen molar-refractivity contribution in [3.05, 3.63) is 0 Å². The van der Waals surface area contributed by atoms with Gasteiger partial charge in [0.05, 0.1) is 18.8 Å². The highest BCUT2D eigenvalue weighted by Gasteiger charge is 2.26. The Bertz CT molecular complexity index is 659. The lowest BCUT2D eigenvalue weighted by Gasteiger charge is -2.26. The highest BCUT2D eigenvalue weighted by molar-refractivity contribution is 5.76. The van der Waals surface area contributed by atoms with Crippen LogP contribution in [0.5, 0.6) is 0 Å². The van der Waals surface area contributed by atoms with E-state index in [0.29, 0.717) is 12.8 Å². The van der Waals surface area contributed by atoms with Crippen molar-refractivity contribution in [2.75, 3.05) is 6.61 Å². The second kappa shape index (κ2) is 41.1. The maximum atomic E-state index is 12.4. The van der Waals surface area contributed by atoms with Gasteiger partial charge in [-0.05, 0) is 12.8 Å². The van der Waals surface area contributed by atoms with Gasteiger partial charge in [0, 0.05) is 6.42 Å². The fourth-order valence-corrected chi connectivity index (χ4v) is 7.40. The first-order chi connectivity index (χ1) is 24.6. The fourth-order valence-electron chi connectivity index (χ4n) is 7.40. The Balaban J connectivity index is 3.55. The Morgan fingerprint density at radius 3 is 0.960 bits per heavy atom. The van der Waals surface area contributed by atoms with Crippen LogP contribution in [0.4, 0.5) is 0 Å². The molecule has 50 heavy (non-hydrogen) atoms. The molecule has 0 fully saturated rings. The van der Waals surface area contributed by atoms with Gasteiger partial charge in [-0.3, -0.25) is 4.79 Å². The van der Waals surface area contributed by atoms with Crippen LogP contribution in [0.3, 0.4) is 0 Å². The molecule has 0 aliphatic carbocycles. The van der Waals surface area contributed by atoms with Gasteiger partial charge in [-0.25, -0.2) is 0 Å². The molecule has 0 heterocycles. The first-order valence-electron chi connectivity index (χ1n) is 22.8. The average Bonchev–Trinajstić information content (AvgIpc) is 3.12. The smallest absolute Gasteiger partial charge is 0.220 e. The van der Waals surface area contributed by atoms with Crippen molar-refractivity contribution in [2.45, 2.75) is 276 Å². The van der Waals surface area contributed by atoms with Crippen molar-refractivity contribution in [1.82, 2.24) is 5.32 Å². The SMILES string of the molecule is CCCCCCCCCCCCCCCCCCCCCCCCC(O)C(O)C(CO)NC(=O)CCCCCCCCCCCCCCCC. The number of hydrogen-bond acceptors (Lipinski definition) is 4. The van der Waals surface area contributed by atoms with Crippen LogP contribution in [0, 0.1) is 0 Å². The van der Waals surface area contributed by atoms with Crippen LogP contribution in [0.15, 0.2) is 0 Å². The average molecular weight is 710 g/mol. The molecule has 3 atom stereocenters. The number of carbonyl (C=O) groups excluding carboxylic acids is 1. The van der Waals surface area contributed by atoms with Gasteiger partial charge in [0.25, 0.3) is 0 Å². The minimum Gasteiger partial charge on any atom is -0.394 e. The van der Waals surface area contributed by atoms with Gasteiger partial charge < -0.3 is 20.6 Å². The molecule has 0 rings (SSSR count). The number of nitrogens with one attached hydrogen (secondary N) is 1. The van der Waals surface area contributed by atoms with E-state index in [1.54, 1.807) is 0 Å². The van der Waals surface area contributed by atoms with E-state index in [1.165, 1.54) is 199 Å². The summed E-state index contributed by atoms with van der Waals surface area (Å²) in [6.07, 6.45) is 46.4. The van der Waals surface area contributed by atoms with Crippen LogP contribution < -0.4 is 5.32 Å². The molecule has 0 bridgehead atoms. The number of rotatable bonds is 42. The molecular formula is C45H91NO4. The standard InChI is InChI=1S/C45H91NO4/c1-3-5-7-9-11-13-15-17-19-20-21-22-23-24-25-26-27-29-31-33-35-37-39-43(48)45(50)42(41-47)46-44(49)40-38-36-34-32-30-28-18-16-14-12-10-8-6-4-2/h42-43,45,47-48,50H,3-41H2,1-2H3,(H,46,49). The first-order valence-corrected chi connectivity index (χ1v) is 22.8. The Hall–Kier alpha value is -0.650. The minimum atomic E-state index is -1.13. The summed E-state index contributed by atoms with van der Waals surface area (Å²) in [4.78, 5) is 12.4. The van der Waals surface area contributed by atoms with Crippen molar-refractivity contribution in [3.63, 3.8) is 0 Å². The highest BCUT2D eigenvalue weighted by Crippen LogP contribution is 2.17. The number of carbonyl (C=O) groups is 1. The van der Waals surface area contributed by atoms with E-state index < -0.39 is 18.2 Å². The molecule has 0 aliphatic rings. The number of aliphatic hydroxyl groups is 3. The Morgan fingerprint density at radius 1 is 0.420 bits per heavy atom. The summed E-state index contributed by atoms with van der Waals surface area (Å²) in [5.74, 6) is -0.140. The van der Waals surface area contributed by atoms with E-state index in [0.717, 1.165) is 32.1 Å². The summed E-state index contributed by atoms with van der Waals surface area (Å²) in [5, 5.41) is 33.6. The van der Waals surface area contributed by atoms with Crippen LogP contribution in [-0.4, -0.2) is 46.1 Å². The van der Waals surface area contributed by atoms with E-state index in [4.69, 9.17) is 0 Å². The van der Waals surface area contributed by atoms with Crippen LogP contribution in [-0.2, 0) is 4.79 Å². The molecule has 1 amide bonds. The maximum absolute atomic E-state index is 12.4. The second-order valence-electron chi connectivity index (χ2n) is 16.0. The monoisotopic (exact) mass is 710 g/mol. The van der Waals surface area contributed by atoms with Gasteiger partial charge in [-0.1, -0.05) is 239 Å². The second-order valence-corrected chi connectivity index (χ2v) is 16.0. The quantitative estimate of drug-likeness (QED) is 0.0475. The maximum Gasteiger partial charge on any atom is 0.220 e. The zero-order valence-corrected chi connectivity index (χ0v) is 34.1. The first kappa shape index (κ1) is 49.4. The molecule has 0 spiro atoms. The van der Waals surface area contributed by atoms with Gasteiger partial charge in [0.15, 0.2) is 0 Å². The highest BCUT2D eigenvalue weighted by atomic mass is 16.3. The normalized spacial score (nSPS) is 13.5. The molecule has 300 valence electrons. The third kappa shape index (κ3) is 35.7. The summed E-state index contributed by atoms with van der Waals surface area (Å²) in [6.45, 7) is 4.20. The van der Waals surface area contributed by atoms with Crippen LogP contribution in [0.2, 0.25) is 0 Å². The van der Waals surface area contributed by atoms with Gasteiger partial charge in [0.1, 0.15) is 6.10 Å². The van der Waals surface area contributed by atoms with E-state index in [1.807, 2.05) is 0 Å². The lowest BCUT2D eigenvalue weighted by Crippen LogP contribution is -2.50. The van der Waals surface area contributed by atoms with Gasteiger partial charge in [-0.15, -0.1) is 0 Å². The molecule has 0 saturated carbocycles. The third-order valence-corrected chi connectivity index (χ3v) is 11.0. The molecule has 4 N–H and O–H groups in total. The number of amides is 1. The van der Waals surface area contributed by atoms with Crippen LogP contribution in [0.1, 0.15) is 258 Å². The lowest BCUT2D eigenvalue weighted by molar-refractivity contribution is -0.124. The van der Waals surface area contributed by atoms with Crippen molar-refractivity contribution >= 4 is 5.91 Å². The molecular weight excluding hydrogens is 618 g/mol. The van der Waals surface area contributed by atoms with Crippen LogP contribution >= 0.6 is 0 Å². The molecule has 0 aliphatic heterocycles. The Labute approximate surface area is 313 Å². The Morgan fingerprint density at radius 2 is 0.680 bits per heavy atom. The third-order valence-electron chi connectivity index (χ3n) is 11.0. The topological polar surface area (TPSA) is 89.8 Å². The summed E-state index contributed by atoms with van der Waals surface area (Å²) in [6, 6.07) is -0.802. The van der Waals surface area contributed by atoms with Crippen molar-refractivity contribution in [3.8, 4) is 0 Å². The zero-order valence-electron chi connectivity index (χ0n) is 34.1. The van der Waals surface area contributed by atoms with Crippen molar-refractivity contribution in [1.29, 1.82) is 0 Å². The predicted octanol–water partition coefficient (Wildman–Crippen LogP) is 13.0. The Kier molecular flexibility index (Phi) is 40.6. The summed E-state index contributed by atoms with van der Waals surface area (Å²) >= 11 is 0. The van der Waals surface area contributed by atoms with Gasteiger partial charge >= 0.3 is 0 Å². The molecule has 3 unspecified atom stereocenters. The fraction of sp³-hybridized carbons (Fsp3) is 0.978. The number of aliphatic hydroxyl groups excluding tert-OH is 3. The van der Waals surface area contributed by atoms with E-state index in [9.17, 15) is 20.1 Å². The molecule has 0 aromatic heterocycles. The molecule has 0 aromatic carbocycles. The van der Waals surface area contributed by atoms with Gasteiger partial charge in [-0.2, -0.15) is 0 Å². The molecule has 5 nitrogen and oxygen atoms in total. The summed E-state index contributed by atoms with van der Waals surface area (Å²) < 4.78 is 0. The summed E-state index contributed by atoms with van der Waals surface area (Å²) in [7, 11) is 0. The number of unbranched alkanes of at least 4 members (excludes halogenated alkanes) is 34. The molecule has 0 radical (unpaired) electrons. The summed E-state index contributed by atoms with van der Waals surface area (Å²) in [5.41, 5.74) is 0. The van der Waals surface area contributed by atoms with E-state index in [2.05, 4.69) is 19.2 Å². The lowest BCUT2D eigenvalue weighted by atomic mass is 9.99. The van der Waals surface area contributed by atoms with E-state index in [-0.39, 0.29) is 12.5 Å². The van der Waals surface area contributed by atoms with Crippen molar-refractivity contribution in [2.24, 2.45) is 0 Å². The van der Waals surface area contributed by atoms with Gasteiger partial charge in [0.2, 0.25) is 5.91 Å². The number of hydrogen-bond donors (Lipinski definition) is 4. The molecule has 0 aromatic rings. The van der Waals surface area contributed by atoms with Crippen molar-refractivity contribution < 1.29 is 20.1 Å². The molecule has 0 saturated heterocycles. The minimum absolute atomic E-state index is 0.140. The largest absolute Gasteiger partial charge is 0.394 e. The zero-order chi connectivity index (χ0) is 36.6. The predicted molar refractivity (Wildman–Crippen MR) is 218 cm³/mol. The van der Waals surface area contributed by atoms with Crippen LogP contribution in [0.25, 0.3) is 0 Å². The van der Waals surface area contributed by atoms with E-state index >= 15 is 0 Å².